The molecule has 0 aliphatic heterocycles. The topological polar surface area (TPSA) is 75.3 Å². The predicted octanol–water partition coefficient (Wildman–Crippen LogP) is 2.14. The molecule has 0 bridgehead atoms. The number of aliphatic hydroxyl groups excluding tert-OH is 1. The lowest BCUT2D eigenvalue weighted by atomic mass is 10.1. The van der Waals surface area contributed by atoms with Crippen molar-refractivity contribution in [2.24, 2.45) is 5.73 Å². The third-order valence-electron chi connectivity index (χ3n) is 2.48. The van der Waals surface area contributed by atoms with E-state index in [1.54, 1.807) is 12.1 Å². The number of primary amides is 1. The molecule has 0 heterocycles. The quantitative estimate of drug-likeness (QED) is 0.729. The number of halogens is 3. The van der Waals surface area contributed by atoms with Gasteiger partial charge in [-0.25, -0.2) is 0 Å². The number of hydrogen-bond acceptors (Lipinski definition) is 3. The van der Waals surface area contributed by atoms with Crippen LogP contribution in [0.5, 0.6) is 0 Å². The summed E-state index contributed by atoms with van der Waals surface area (Å²) in [4.78, 5) is 10.7. The van der Waals surface area contributed by atoms with Crippen molar-refractivity contribution in [3.05, 3.63) is 32.8 Å². The van der Waals surface area contributed by atoms with Gasteiger partial charge in [0, 0.05) is 12.6 Å². The Kier molecular flexibility index (Phi) is 5.69. The first-order valence-electron chi connectivity index (χ1n) is 5.18. The van der Waals surface area contributed by atoms with E-state index in [-0.39, 0.29) is 17.6 Å². The van der Waals surface area contributed by atoms with Crippen LogP contribution in [0.1, 0.15) is 18.5 Å². The third-order valence-corrected chi connectivity index (χ3v) is 3.79. The molecule has 18 heavy (non-hydrogen) atoms. The smallest absolute Gasteiger partial charge is 0.247 e. The SMILES string of the molecule is CC(NCC(O)C(N)=O)c1ccc(Cl)c(Cl)c1Cl. The molecular formula is C11H13Cl3N2O2. The molecule has 1 aromatic carbocycles. The van der Waals surface area contributed by atoms with Crippen molar-refractivity contribution in [1.82, 2.24) is 5.32 Å². The van der Waals surface area contributed by atoms with Gasteiger partial charge in [-0.1, -0.05) is 40.9 Å². The lowest BCUT2D eigenvalue weighted by Crippen LogP contribution is -2.38. The number of nitrogens with two attached hydrogens (primary N) is 1. The van der Waals surface area contributed by atoms with Gasteiger partial charge in [0.2, 0.25) is 5.91 Å². The standard InChI is InChI=1S/C11H13Cl3N2O2/c1-5(16-4-8(17)11(15)18)6-2-3-7(12)10(14)9(6)13/h2-3,5,8,16-17H,4H2,1H3,(H2,15,18). The largest absolute Gasteiger partial charge is 0.382 e. The maximum Gasteiger partial charge on any atom is 0.247 e. The first kappa shape index (κ1) is 15.5. The number of carbonyl (C=O) groups is 1. The van der Waals surface area contributed by atoms with Gasteiger partial charge in [-0.2, -0.15) is 0 Å². The molecule has 4 nitrogen and oxygen atoms in total. The monoisotopic (exact) mass is 310 g/mol. The molecule has 0 aliphatic carbocycles. The second-order valence-corrected chi connectivity index (χ2v) is 4.98. The summed E-state index contributed by atoms with van der Waals surface area (Å²) in [6.07, 6.45) is -1.24. The molecule has 7 heteroatoms. The van der Waals surface area contributed by atoms with Gasteiger partial charge < -0.3 is 16.2 Å². The maximum atomic E-state index is 10.7. The number of benzene rings is 1. The van der Waals surface area contributed by atoms with Crippen molar-refractivity contribution in [1.29, 1.82) is 0 Å². The van der Waals surface area contributed by atoms with Crippen molar-refractivity contribution in [3.63, 3.8) is 0 Å². The minimum atomic E-state index is -1.24. The average Bonchev–Trinajstić information content (AvgIpc) is 2.32. The van der Waals surface area contributed by atoms with Gasteiger partial charge >= 0.3 is 0 Å². The summed E-state index contributed by atoms with van der Waals surface area (Å²) in [6, 6.07) is 3.15. The predicted molar refractivity (Wildman–Crippen MR) is 73.1 cm³/mol. The molecule has 4 N–H and O–H groups in total. The minimum Gasteiger partial charge on any atom is -0.382 e. The minimum absolute atomic E-state index is 0.0348. The van der Waals surface area contributed by atoms with E-state index in [1.165, 1.54) is 0 Å². The Bertz CT molecular complexity index is 454. The zero-order valence-electron chi connectivity index (χ0n) is 9.58. The highest BCUT2D eigenvalue weighted by atomic mass is 35.5. The molecule has 2 unspecified atom stereocenters. The van der Waals surface area contributed by atoms with Crippen LogP contribution in [0.4, 0.5) is 0 Å². The molecule has 0 fully saturated rings. The number of hydrogen-bond donors (Lipinski definition) is 3. The summed E-state index contributed by atoms with van der Waals surface area (Å²) in [5.41, 5.74) is 5.67. The van der Waals surface area contributed by atoms with Crippen LogP contribution in [-0.2, 0) is 4.79 Å². The summed E-state index contributed by atoms with van der Waals surface area (Å²) in [5.74, 6) is -0.782. The molecular weight excluding hydrogens is 298 g/mol. The first-order chi connectivity index (χ1) is 8.34. The van der Waals surface area contributed by atoms with Crippen LogP contribution < -0.4 is 11.1 Å². The normalized spacial score (nSPS) is 14.3. The highest BCUT2D eigenvalue weighted by molar-refractivity contribution is 6.48. The molecule has 1 amide bonds. The second-order valence-electron chi connectivity index (χ2n) is 3.81. The summed E-state index contributed by atoms with van der Waals surface area (Å²) in [5, 5.41) is 13.2. The molecule has 0 saturated heterocycles. The maximum absolute atomic E-state index is 10.7. The van der Waals surface area contributed by atoms with Crippen LogP contribution >= 0.6 is 34.8 Å². The molecule has 0 radical (unpaired) electrons. The molecule has 0 saturated carbocycles. The van der Waals surface area contributed by atoms with Crippen LogP contribution in [0.25, 0.3) is 0 Å². The Morgan fingerprint density at radius 3 is 2.56 bits per heavy atom. The fourth-order valence-corrected chi connectivity index (χ4v) is 2.08. The molecule has 0 spiro atoms. The van der Waals surface area contributed by atoms with E-state index in [2.05, 4.69) is 5.32 Å². The van der Waals surface area contributed by atoms with Gasteiger partial charge in [0.1, 0.15) is 6.10 Å². The highest BCUT2D eigenvalue weighted by Crippen LogP contribution is 2.35. The molecule has 1 rings (SSSR count). The molecule has 1 aromatic rings. The Labute approximate surface area is 120 Å². The number of carbonyl (C=O) groups excluding carboxylic acids is 1. The molecule has 100 valence electrons. The Morgan fingerprint density at radius 1 is 1.39 bits per heavy atom. The van der Waals surface area contributed by atoms with Crippen molar-refractivity contribution in [2.75, 3.05) is 6.54 Å². The average molecular weight is 312 g/mol. The van der Waals surface area contributed by atoms with Gasteiger partial charge in [0.05, 0.1) is 15.1 Å². The van der Waals surface area contributed by atoms with Gasteiger partial charge in [-0.3, -0.25) is 4.79 Å². The Morgan fingerprint density at radius 2 is 2.00 bits per heavy atom. The van der Waals surface area contributed by atoms with Crippen LogP contribution in [0.2, 0.25) is 15.1 Å². The van der Waals surface area contributed by atoms with Crippen LogP contribution in [0, 0.1) is 0 Å². The van der Waals surface area contributed by atoms with Crippen LogP contribution in [-0.4, -0.2) is 23.7 Å². The van der Waals surface area contributed by atoms with Crippen molar-refractivity contribution in [2.45, 2.75) is 19.1 Å². The Balaban J connectivity index is 2.76. The van der Waals surface area contributed by atoms with Gasteiger partial charge in [0.25, 0.3) is 0 Å². The number of aliphatic hydroxyl groups is 1. The molecule has 0 aromatic heterocycles. The van der Waals surface area contributed by atoms with Crippen molar-refractivity contribution >= 4 is 40.7 Å². The van der Waals surface area contributed by atoms with Gasteiger partial charge in [-0.05, 0) is 18.6 Å². The first-order valence-corrected chi connectivity index (χ1v) is 6.32. The number of amides is 1. The second kappa shape index (κ2) is 6.59. The van der Waals surface area contributed by atoms with E-state index in [9.17, 15) is 9.90 Å². The fourth-order valence-electron chi connectivity index (χ4n) is 1.37. The number of rotatable bonds is 5. The van der Waals surface area contributed by atoms with Crippen LogP contribution in [0.15, 0.2) is 12.1 Å². The van der Waals surface area contributed by atoms with E-state index in [0.717, 1.165) is 5.56 Å². The van der Waals surface area contributed by atoms with Gasteiger partial charge in [-0.15, -0.1) is 0 Å². The zero-order valence-corrected chi connectivity index (χ0v) is 11.9. The van der Waals surface area contributed by atoms with Gasteiger partial charge in [0.15, 0.2) is 0 Å². The highest BCUT2D eigenvalue weighted by Gasteiger charge is 2.16. The van der Waals surface area contributed by atoms with Crippen LogP contribution in [0.3, 0.4) is 0 Å². The Hall–Kier alpha value is -0.520. The van der Waals surface area contributed by atoms with E-state index < -0.39 is 12.0 Å². The fraction of sp³-hybridized carbons (Fsp3) is 0.364. The van der Waals surface area contributed by atoms with E-state index >= 15 is 0 Å². The zero-order chi connectivity index (χ0) is 13.9. The summed E-state index contributed by atoms with van der Waals surface area (Å²) in [7, 11) is 0. The molecule has 0 aliphatic rings. The summed E-state index contributed by atoms with van der Waals surface area (Å²) in [6.45, 7) is 1.85. The van der Waals surface area contributed by atoms with E-state index in [1.807, 2.05) is 6.92 Å². The number of nitrogens with one attached hydrogen (secondary N) is 1. The third kappa shape index (κ3) is 3.73. The molecule has 2 atom stereocenters. The van der Waals surface area contributed by atoms with E-state index in [4.69, 9.17) is 40.5 Å². The summed E-state index contributed by atoms with van der Waals surface area (Å²) < 4.78 is 0. The summed E-state index contributed by atoms with van der Waals surface area (Å²) >= 11 is 17.8. The van der Waals surface area contributed by atoms with E-state index in [0.29, 0.717) is 10.0 Å². The lowest BCUT2D eigenvalue weighted by Gasteiger charge is -2.18. The van der Waals surface area contributed by atoms with Crippen molar-refractivity contribution in [3.8, 4) is 0 Å². The van der Waals surface area contributed by atoms with Crippen molar-refractivity contribution < 1.29 is 9.90 Å². The lowest BCUT2D eigenvalue weighted by molar-refractivity contribution is -0.125.